The van der Waals surface area contributed by atoms with Gasteiger partial charge in [0.1, 0.15) is 11.6 Å². The number of aryl methyl sites for hydroxylation is 2. The molecule has 0 aliphatic heterocycles. The molecule has 0 aromatic carbocycles. The molecule has 1 rings (SSSR count). The van der Waals surface area contributed by atoms with Crippen molar-refractivity contribution in [3.63, 3.8) is 0 Å². The zero-order valence-corrected chi connectivity index (χ0v) is 8.47. The molecule has 2 N–H and O–H groups in total. The molecule has 0 amide bonds. The Kier molecular flexibility index (Phi) is 4.26. The summed E-state index contributed by atoms with van der Waals surface area (Å²) in [4.78, 5) is 8.14. The normalized spacial score (nSPS) is 8.75. The van der Waals surface area contributed by atoms with Gasteiger partial charge in [-0.2, -0.15) is 0 Å². The van der Waals surface area contributed by atoms with E-state index < -0.39 is 0 Å². The third kappa shape index (κ3) is 2.49. The third-order valence-corrected chi connectivity index (χ3v) is 1.54. The Balaban J connectivity index is 0.000000561. The predicted molar refractivity (Wildman–Crippen MR) is 52.0 cm³/mol. The van der Waals surface area contributed by atoms with E-state index >= 15 is 0 Å². The minimum absolute atomic E-state index is 0.588. The zero-order valence-electron chi connectivity index (χ0n) is 8.47. The van der Waals surface area contributed by atoms with Crippen molar-refractivity contribution in [2.45, 2.75) is 34.6 Å². The summed E-state index contributed by atoms with van der Waals surface area (Å²) in [7, 11) is 0. The standard InChI is InChI=1S/C7H11N3.C2H6/c1-4-5(2)9-6(3)10-7(4)8;1-2/h1-3H3,(H2,8,9,10);1-2H3. The smallest absolute Gasteiger partial charge is 0.130 e. The fourth-order valence-electron chi connectivity index (χ4n) is 0.795. The summed E-state index contributed by atoms with van der Waals surface area (Å²) >= 11 is 0. The van der Waals surface area contributed by atoms with Crippen LogP contribution in [-0.4, -0.2) is 9.97 Å². The van der Waals surface area contributed by atoms with E-state index in [2.05, 4.69) is 9.97 Å². The average Bonchev–Trinajstić information content (AvgIpc) is 2.04. The third-order valence-electron chi connectivity index (χ3n) is 1.54. The highest BCUT2D eigenvalue weighted by molar-refractivity contribution is 5.40. The maximum atomic E-state index is 5.57. The van der Waals surface area contributed by atoms with E-state index in [9.17, 15) is 0 Å². The monoisotopic (exact) mass is 167 g/mol. The molecule has 1 heterocycles. The number of nitrogens with two attached hydrogens (primary N) is 1. The van der Waals surface area contributed by atoms with Gasteiger partial charge in [0.05, 0.1) is 0 Å². The molecule has 0 radical (unpaired) electrons. The first kappa shape index (κ1) is 10.9. The second-order valence-corrected chi connectivity index (χ2v) is 2.37. The minimum atomic E-state index is 0.588. The quantitative estimate of drug-likeness (QED) is 0.643. The molecule has 1 aromatic heterocycles. The van der Waals surface area contributed by atoms with Crippen LogP contribution in [0, 0.1) is 20.8 Å². The zero-order chi connectivity index (χ0) is 9.72. The molecular weight excluding hydrogens is 150 g/mol. The lowest BCUT2D eigenvalue weighted by Crippen LogP contribution is -2.01. The van der Waals surface area contributed by atoms with Gasteiger partial charge in [-0.1, -0.05) is 13.8 Å². The lowest BCUT2D eigenvalue weighted by Gasteiger charge is -2.02. The second-order valence-electron chi connectivity index (χ2n) is 2.37. The van der Waals surface area contributed by atoms with Crippen molar-refractivity contribution in [2.75, 3.05) is 5.73 Å². The van der Waals surface area contributed by atoms with Crippen molar-refractivity contribution in [1.82, 2.24) is 9.97 Å². The van der Waals surface area contributed by atoms with Gasteiger partial charge in [-0.15, -0.1) is 0 Å². The highest BCUT2D eigenvalue weighted by atomic mass is 14.9. The Morgan fingerprint density at radius 2 is 1.50 bits per heavy atom. The fourth-order valence-corrected chi connectivity index (χ4v) is 0.795. The van der Waals surface area contributed by atoms with Gasteiger partial charge in [-0.3, -0.25) is 0 Å². The van der Waals surface area contributed by atoms with Crippen LogP contribution in [0.5, 0.6) is 0 Å². The van der Waals surface area contributed by atoms with Gasteiger partial charge in [0.25, 0.3) is 0 Å². The van der Waals surface area contributed by atoms with Gasteiger partial charge in [0.2, 0.25) is 0 Å². The minimum Gasteiger partial charge on any atom is -0.383 e. The Hall–Kier alpha value is -1.12. The van der Waals surface area contributed by atoms with E-state index in [1.54, 1.807) is 0 Å². The summed E-state index contributed by atoms with van der Waals surface area (Å²) in [5.74, 6) is 1.32. The van der Waals surface area contributed by atoms with Crippen LogP contribution in [0.1, 0.15) is 30.9 Å². The van der Waals surface area contributed by atoms with Crippen molar-refractivity contribution in [3.05, 3.63) is 17.1 Å². The van der Waals surface area contributed by atoms with Gasteiger partial charge >= 0.3 is 0 Å². The maximum absolute atomic E-state index is 5.57. The molecule has 0 bridgehead atoms. The number of nitrogen functional groups attached to an aromatic ring is 1. The highest BCUT2D eigenvalue weighted by Gasteiger charge is 1.99. The first-order chi connectivity index (χ1) is 5.61. The Labute approximate surface area is 74.0 Å². The van der Waals surface area contributed by atoms with Crippen molar-refractivity contribution in [1.29, 1.82) is 0 Å². The average molecular weight is 167 g/mol. The number of hydrogen-bond donors (Lipinski definition) is 1. The van der Waals surface area contributed by atoms with Crippen LogP contribution in [0.4, 0.5) is 5.82 Å². The van der Waals surface area contributed by atoms with Crippen LogP contribution < -0.4 is 5.73 Å². The maximum Gasteiger partial charge on any atom is 0.130 e. The van der Waals surface area contributed by atoms with E-state index in [1.165, 1.54) is 0 Å². The lowest BCUT2D eigenvalue weighted by atomic mass is 10.2. The van der Waals surface area contributed by atoms with Crippen molar-refractivity contribution in [3.8, 4) is 0 Å². The molecule has 0 saturated carbocycles. The number of nitrogens with zero attached hydrogens (tertiary/aromatic N) is 2. The number of hydrogen-bond acceptors (Lipinski definition) is 3. The predicted octanol–water partition coefficient (Wildman–Crippen LogP) is 2.01. The molecule has 0 fully saturated rings. The van der Waals surface area contributed by atoms with Crippen LogP contribution >= 0.6 is 0 Å². The van der Waals surface area contributed by atoms with E-state index in [0.29, 0.717) is 5.82 Å². The summed E-state index contributed by atoms with van der Waals surface area (Å²) in [5, 5.41) is 0. The van der Waals surface area contributed by atoms with Crippen LogP contribution in [0.25, 0.3) is 0 Å². The Morgan fingerprint density at radius 3 is 1.92 bits per heavy atom. The SMILES string of the molecule is CC.Cc1nc(C)c(C)c(N)n1. The summed E-state index contributed by atoms with van der Waals surface area (Å²) in [6.45, 7) is 9.69. The summed E-state index contributed by atoms with van der Waals surface area (Å²) in [5.41, 5.74) is 7.51. The van der Waals surface area contributed by atoms with Gasteiger partial charge in [0, 0.05) is 11.3 Å². The summed E-state index contributed by atoms with van der Waals surface area (Å²) in [6.07, 6.45) is 0. The van der Waals surface area contributed by atoms with E-state index in [4.69, 9.17) is 5.73 Å². The molecule has 0 spiro atoms. The molecule has 12 heavy (non-hydrogen) atoms. The molecule has 0 atom stereocenters. The van der Waals surface area contributed by atoms with Gasteiger partial charge in [0.15, 0.2) is 0 Å². The Bertz CT molecular complexity index is 233. The first-order valence-electron chi connectivity index (χ1n) is 4.18. The van der Waals surface area contributed by atoms with Crippen LogP contribution in [0.2, 0.25) is 0 Å². The number of anilines is 1. The van der Waals surface area contributed by atoms with E-state index in [-0.39, 0.29) is 0 Å². The summed E-state index contributed by atoms with van der Waals surface area (Å²) in [6, 6.07) is 0. The van der Waals surface area contributed by atoms with Crippen molar-refractivity contribution < 1.29 is 0 Å². The molecule has 0 aliphatic carbocycles. The van der Waals surface area contributed by atoms with Crippen LogP contribution in [-0.2, 0) is 0 Å². The number of aromatic nitrogens is 2. The van der Waals surface area contributed by atoms with E-state index in [1.807, 2.05) is 34.6 Å². The molecule has 0 unspecified atom stereocenters. The van der Waals surface area contributed by atoms with Gasteiger partial charge in [-0.05, 0) is 20.8 Å². The van der Waals surface area contributed by atoms with Gasteiger partial charge < -0.3 is 5.73 Å². The fraction of sp³-hybridized carbons (Fsp3) is 0.556. The lowest BCUT2D eigenvalue weighted by molar-refractivity contribution is 0.995. The largest absolute Gasteiger partial charge is 0.383 e. The molecule has 3 heteroatoms. The van der Waals surface area contributed by atoms with Crippen molar-refractivity contribution >= 4 is 5.82 Å². The van der Waals surface area contributed by atoms with Crippen LogP contribution in [0.3, 0.4) is 0 Å². The Morgan fingerprint density at radius 1 is 1.00 bits per heavy atom. The number of rotatable bonds is 0. The first-order valence-corrected chi connectivity index (χ1v) is 4.18. The van der Waals surface area contributed by atoms with Crippen LogP contribution in [0.15, 0.2) is 0 Å². The molecule has 68 valence electrons. The molecule has 1 aromatic rings. The molecular formula is C9H17N3. The molecule has 0 aliphatic rings. The topological polar surface area (TPSA) is 51.8 Å². The molecule has 3 nitrogen and oxygen atoms in total. The van der Waals surface area contributed by atoms with E-state index in [0.717, 1.165) is 17.1 Å². The van der Waals surface area contributed by atoms with Crippen molar-refractivity contribution in [2.24, 2.45) is 0 Å². The highest BCUT2D eigenvalue weighted by Crippen LogP contribution is 2.09. The van der Waals surface area contributed by atoms with Gasteiger partial charge in [-0.25, -0.2) is 9.97 Å². The second kappa shape index (κ2) is 4.70. The summed E-state index contributed by atoms with van der Waals surface area (Å²) < 4.78 is 0. The molecule has 0 saturated heterocycles.